The summed E-state index contributed by atoms with van der Waals surface area (Å²) in [6.45, 7) is 10.1. The molecule has 4 nitrogen and oxygen atoms in total. The fraction of sp³-hybridized carbons (Fsp3) is 1.00. The zero-order valence-electron chi connectivity index (χ0n) is 17.0. The maximum absolute atomic E-state index is 9.62. The molecule has 0 saturated heterocycles. The normalized spacial score (nSPS) is 34.0. The molecule has 0 heterocycles. The summed E-state index contributed by atoms with van der Waals surface area (Å²) in [6, 6.07) is 0. The quantitative estimate of drug-likeness (QED) is 0.438. The Bertz CT molecular complexity index is 433. The second kappa shape index (κ2) is 10.2. The van der Waals surface area contributed by atoms with Crippen molar-refractivity contribution < 1.29 is 18.6 Å². The third kappa shape index (κ3) is 6.59. The van der Waals surface area contributed by atoms with Gasteiger partial charge in [-0.1, -0.05) is 0 Å². The first-order chi connectivity index (χ1) is 12.2. The molecule has 0 aromatic heterocycles. The van der Waals surface area contributed by atoms with Crippen LogP contribution in [0.4, 0.5) is 0 Å². The van der Waals surface area contributed by atoms with E-state index >= 15 is 0 Å². The first-order valence-corrected chi connectivity index (χ1v) is 14.8. The summed E-state index contributed by atoms with van der Waals surface area (Å²) < 4.78 is 10.1. The Labute approximate surface area is 165 Å². The Morgan fingerprint density at radius 1 is 1.23 bits per heavy atom. The maximum atomic E-state index is 9.62. The summed E-state index contributed by atoms with van der Waals surface area (Å²) in [5, 5.41) is 0. The molecule has 7 atom stereocenters. The van der Waals surface area contributed by atoms with Crippen LogP contribution in [0.15, 0.2) is 0 Å². The van der Waals surface area contributed by atoms with Crippen molar-refractivity contribution in [2.45, 2.75) is 79.1 Å². The van der Waals surface area contributed by atoms with Gasteiger partial charge in [0.05, 0.1) is 0 Å². The molecule has 0 radical (unpaired) electrons. The van der Waals surface area contributed by atoms with Crippen molar-refractivity contribution in [1.29, 1.82) is 0 Å². The van der Waals surface area contributed by atoms with Crippen molar-refractivity contribution in [3.8, 4) is 0 Å². The summed E-state index contributed by atoms with van der Waals surface area (Å²) in [4.78, 5) is 19.2. The van der Waals surface area contributed by atoms with Crippen molar-refractivity contribution in [3.05, 3.63) is 0 Å². The molecule has 0 amide bonds. The molecule has 156 valence electrons. The van der Waals surface area contributed by atoms with E-state index in [0.717, 1.165) is 30.1 Å². The van der Waals surface area contributed by atoms with Crippen LogP contribution in [0.2, 0.25) is 0 Å². The van der Waals surface area contributed by atoms with Crippen molar-refractivity contribution >= 4 is 25.6 Å². The molecule has 0 aliphatic heterocycles. The Balaban J connectivity index is 1.79. The monoisotopic (exact) mass is 426 g/mol. The summed E-state index contributed by atoms with van der Waals surface area (Å²) in [6.07, 6.45) is 10.4. The predicted octanol–water partition coefficient (Wildman–Crippen LogP) is 6.09. The molecule has 0 aromatic rings. The number of hydrogen-bond donors (Lipinski definition) is 2. The number of rotatable bonds is 9. The molecule has 0 bridgehead atoms. The van der Waals surface area contributed by atoms with Crippen LogP contribution in [0.1, 0.15) is 79.1 Å². The van der Waals surface area contributed by atoms with Crippen LogP contribution in [-0.4, -0.2) is 16.4 Å². The molecular formula is C19H41O4P3. The van der Waals surface area contributed by atoms with Crippen molar-refractivity contribution in [2.24, 2.45) is 35.0 Å². The van der Waals surface area contributed by atoms with Gasteiger partial charge in [0, 0.05) is 0 Å². The van der Waals surface area contributed by atoms with Gasteiger partial charge >= 0.3 is 165 Å². The van der Waals surface area contributed by atoms with Crippen molar-refractivity contribution in [1.82, 2.24) is 0 Å². The minimum absolute atomic E-state index is 0.0364. The molecule has 0 spiro atoms. The molecule has 2 aliphatic rings. The second-order valence-corrected chi connectivity index (χ2v) is 12.6. The van der Waals surface area contributed by atoms with Gasteiger partial charge in [-0.05, 0) is 0 Å². The van der Waals surface area contributed by atoms with E-state index in [0.29, 0.717) is 17.9 Å². The van der Waals surface area contributed by atoms with Crippen LogP contribution in [0.25, 0.3) is 0 Å². The molecule has 2 saturated carbocycles. The van der Waals surface area contributed by atoms with Crippen LogP contribution in [0.5, 0.6) is 0 Å². The van der Waals surface area contributed by atoms with Crippen LogP contribution >= 0.6 is 25.6 Å². The Hall–Kier alpha value is 1.13. The van der Waals surface area contributed by atoms with Gasteiger partial charge in [0.15, 0.2) is 0 Å². The fourth-order valence-electron chi connectivity index (χ4n) is 5.57. The van der Waals surface area contributed by atoms with Gasteiger partial charge in [0.1, 0.15) is 0 Å². The van der Waals surface area contributed by atoms with Crippen molar-refractivity contribution in [2.75, 3.05) is 6.61 Å². The van der Waals surface area contributed by atoms with Crippen molar-refractivity contribution in [3.63, 3.8) is 0 Å². The summed E-state index contributed by atoms with van der Waals surface area (Å²) in [5.74, 6) is 4.08. The van der Waals surface area contributed by atoms with E-state index in [-0.39, 0.29) is 8.50 Å². The van der Waals surface area contributed by atoms with E-state index < -0.39 is 8.17 Å². The molecule has 7 heteroatoms. The predicted molar refractivity (Wildman–Crippen MR) is 117 cm³/mol. The van der Waals surface area contributed by atoms with Crippen LogP contribution in [0, 0.1) is 35.0 Å². The van der Waals surface area contributed by atoms with Crippen LogP contribution in [0.3, 0.4) is 0 Å². The van der Waals surface area contributed by atoms with E-state index in [4.69, 9.17) is 8.83 Å². The van der Waals surface area contributed by atoms with E-state index in [9.17, 15) is 9.79 Å². The molecule has 0 aromatic carbocycles. The Kier molecular flexibility index (Phi) is 9.23. The fourth-order valence-corrected chi connectivity index (χ4v) is 8.19. The molecule has 26 heavy (non-hydrogen) atoms. The summed E-state index contributed by atoms with van der Waals surface area (Å²) >= 11 is 0. The molecule has 2 fully saturated rings. The van der Waals surface area contributed by atoms with E-state index in [1.165, 1.54) is 44.9 Å². The summed E-state index contributed by atoms with van der Waals surface area (Å²) in [5.41, 5.74) is 0.523. The molecule has 2 aliphatic carbocycles. The van der Waals surface area contributed by atoms with Gasteiger partial charge in [0.2, 0.25) is 0 Å². The van der Waals surface area contributed by atoms with Gasteiger partial charge in [-0.2, -0.15) is 0 Å². The minimum atomic E-state index is -3.88. The van der Waals surface area contributed by atoms with Gasteiger partial charge in [-0.25, -0.2) is 0 Å². The third-order valence-electron chi connectivity index (χ3n) is 7.18. The molecule has 2 N–H and O–H groups in total. The Morgan fingerprint density at radius 2 is 1.96 bits per heavy atom. The van der Waals surface area contributed by atoms with E-state index in [2.05, 4.69) is 36.6 Å². The third-order valence-corrected chi connectivity index (χ3v) is 10.4. The second-order valence-electron chi connectivity index (χ2n) is 9.46. The summed E-state index contributed by atoms with van der Waals surface area (Å²) in [7, 11) is -1.58. The molecule has 2 rings (SSSR count). The van der Waals surface area contributed by atoms with Crippen LogP contribution in [-0.2, 0) is 8.83 Å². The van der Waals surface area contributed by atoms with Gasteiger partial charge in [-0.3, -0.25) is 0 Å². The van der Waals surface area contributed by atoms with Gasteiger partial charge < -0.3 is 0 Å². The Morgan fingerprint density at radius 3 is 2.65 bits per heavy atom. The zero-order valence-corrected chi connectivity index (χ0v) is 20.2. The van der Waals surface area contributed by atoms with E-state index in [1.807, 2.05) is 0 Å². The van der Waals surface area contributed by atoms with E-state index in [1.54, 1.807) is 0 Å². The SMILES string of the molecule is C[C@H](CCO[PH](O)(O)OPP)CC[C@H]1C2CCCC(C)(C)C2CC[C@@H]1C. The standard InChI is InChI=1S/C19H41O4P3/c1-14(11-13-22-26(20,21)23-25-24)7-9-16-15(2)8-10-18-17(16)6-5-12-19(18,3)4/h14-18,20-21,25-26H,5-13,24H2,1-4H3/t14-,15-,16+,17?,18?/m0/s1. The van der Waals surface area contributed by atoms with Gasteiger partial charge in [0.25, 0.3) is 0 Å². The topological polar surface area (TPSA) is 58.9 Å². The first-order valence-electron chi connectivity index (χ1n) is 10.4. The molecule has 4 unspecified atom stereocenters. The van der Waals surface area contributed by atoms with Gasteiger partial charge in [-0.15, -0.1) is 0 Å². The number of fused-ring (bicyclic) bond motifs is 1. The van der Waals surface area contributed by atoms with Crippen LogP contribution < -0.4 is 0 Å². The zero-order chi connectivity index (χ0) is 19.4. The average Bonchev–Trinajstić information content (AvgIpc) is 2.53. The number of hydrogen-bond acceptors (Lipinski definition) is 4. The average molecular weight is 426 g/mol. The first kappa shape index (κ1) is 23.4. The molecular weight excluding hydrogens is 385 g/mol.